The minimum Gasteiger partial charge on any atom is -0.366 e. The minimum absolute atomic E-state index is 0.123. The Morgan fingerprint density at radius 3 is 2.23 bits per heavy atom. The highest BCUT2D eigenvalue weighted by Gasteiger charge is 2.31. The second-order valence-electron chi connectivity index (χ2n) is 7.81. The molecule has 0 aromatic heterocycles. The Hall–Kier alpha value is -2.78. The van der Waals surface area contributed by atoms with E-state index in [1.54, 1.807) is 0 Å². The lowest BCUT2D eigenvalue weighted by Gasteiger charge is -2.34. The summed E-state index contributed by atoms with van der Waals surface area (Å²) in [7, 11) is -3.64. The van der Waals surface area contributed by atoms with Crippen molar-refractivity contribution in [3.05, 3.63) is 59.4 Å². The Bertz CT molecular complexity index is 1060. The summed E-state index contributed by atoms with van der Waals surface area (Å²) in [6.07, 6.45) is 0.992. The summed E-state index contributed by atoms with van der Waals surface area (Å²) in [6.45, 7) is 5.01. The van der Waals surface area contributed by atoms with Crippen molar-refractivity contribution >= 4 is 27.5 Å². The Morgan fingerprint density at radius 1 is 1.07 bits per heavy atom. The fraction of sp³-hybridized carbons (Fsp3) is 0.333. The maximum Gasteiger partial charge on any atom is 0.255 e. The number of nitrogens with one attached hydrogen (secondary N) is 1. The van der Waals surface area contributed by atoms with E-state index in [9.17, 15) is 22.4 Å². The number of hydrogen-bond donors (Lipinski definition) is 2. The van der Waals surface area contributed by atoms with E-state index in [0.717, 1.165) is 18.6 Å². The average Bonchev–Trinajstić information content (AvgIpc) is 2.68. The number of sulfonamides is 1. The zero-order valence-corrected chi connectivity index (χ0v) is 17.6. The van der Waals surface area contributed by atoms with Gasteiger partial charge in [0.25, 0.3) is 11.8 Å². The van der Waals surface area contributed by atoms with Crippen molar-refractivity contribution in [3.8, 4) is 0 Å². The number of primary amides is 1. The molecular weight excluding hydrogens is 409 g/mol. The van der Waals surface area contributed by atoms with Crippen LogP contribution in [0.1, 0.15) is 41.0 Å². The highest BCUT2D eigenvalue weighted by atomic mass is 32.2. The lowest BCUT2D eigenvalue weighted by Crippen LogP contribution is -2.42. The minimum atomic E-state index is -3.64. The molecule has 1 aliphatic rings. The first-order chi connectivity index (χ1) is 14.1. The fourth-order valence-corrected chi connectivity index (χ4v) is 5.40. The molecule has 0 spiro atoms. The number of anilines is 1. The summed E-state index contributed by atoms with van der Waals surface area (Å²) in [4.78, 5) is 23.8. The van der Waals surface area contributed by atoms with Crippen molar-refractivity contribution < 1.29 is 22.4 Å². The molecule has 30 heavy (non-hydrogen) atoms. The Morgan fingerprint density at radius 2 is 1.67 bits per heavy atom. The number of halogens is 1. The third-order valence-electron chi connectivity index (χ3n) is 5.08. The molecule has 9 heteroatoms. The van der Waals surface area contributed by atoms with Crippen LogP contribution in [0, 0.1) is 17.7 Å². The topological polar surface area (TPSA) is 110 Å². The van der Waals surface area contributed by atoms with E-state index in [2.05, 4.69) is 5.32 Å². The van der Waals surface area contributed by atoms with E-state index < -0.39 is 27.7 Å². The van der Waals surface area contributed by atoms with Crippen molar-refractivity contribution in [2.75, 3.05) is 18.4 Å². The number of amides is 2. The van der Waals surface area contributed by atoms with Crippen LogP contribution in [0.5, 0.6) is 0 Å². The summed E-state index contributed by atoms with van der Waals surface area (Å²) in [5.74, 6) is -1.68. The van der Waals surface area contributed by atoms with Crippen molar-refractivity contribution in [3.63, 3.8) is 0 Å². The van der Waals surface area contributed by atoms with Crippen LogP contribution in [0.3, 0.4) is 0 Å². The molecular formula is C21H24FN3O4S. The van der Waals surface area contributed by atoms with Crippen LogP contribution in [-0.4, -0.2) is 37.6 Å². The quantitative estimate of drug-likeness (QED) is 0.755. The SMILES string of the molecule is CC1CC(C)CN(S(=O)(=O)c2ccc(C(=O)Nc3ccc(F)c(C(N)=O)c3)cc2)C1. The second-order valence-corrected chi connectivity index (χ2v) is 9.74. The summed E-state index contributed by atoms with van der Waals surface area (Å²) in [6, 6.07) is 9.10. The van der Waals surface area contributed by atoms with E-state index in [4.69, 9.17) is 5.73 Å². The van der Waals surface area contributed by atoms with Gasteiger partial charge in [-0.15, -0.1) is 0 Å². The fourth-order valence-electron chi connectivity index (χ4n) is 3.72. The first-order valence-electron chi connectivity index (χ1n) is 9.59. The highest BCUT2D eigenvalue weighted by Crippen LogP contribution is 2.27. The number of carbonyl (C=O) groups is 2. The average molecular weight is 434 g/mol. The van der Waals surface area contributed by atoms with Gasteiger partial charge in [-0.1, -0.05) is 13.8 Å². The number of hydrogen-bond acceptors (Lipinski definition) is 4. The van der Waals surface area contributed by atoms with E-state index in [0.29, 0.717) is 13.1 Å². The molecule has 2 atom stereocenters. The molecule has 1 fully saturated rings. The lowest BCUT2D eigenvalue weighted by atomic mass is 9.94. The first kappa shape index (κ1) is 21.9. The Labute approximate surface area is 175 Å². The molecule has 1 aliphatic heterocycles. The van der Waals surface area contributed by atoms with Crippen molar-refractivity contribution in [2.45, 2.75) is 25.2 Å². The van der Waals surface area contributed by atoms with Crippen LogP contribution in [0.4, 0.5) is 10.1 Å². The van der Waals surface area contributed by atoms with Crippen LogP contribution in [0.25, 0.3) is 0 Å². The maximum atomic E-state index is 13.6. The van der Waals surface area contributed by atoms with Crippen molar-refractivity contribution in [1.29, 1.82) is 0 Å². The largest absolute Gasteiger partial charge is 0.366 e. The zero-order valence-electron chi connectivity index (χ0n) is 16.8. The van der Waals surface area contributed by atoms with Gasteiger partial charge in [0.15, 0.2) is 0 Å². The lowest BCUT2D eigenvalue weighted by molar-refractivity contribution is 0.0992. The molecule has 2 unspecified atom stereocenters. The molecule has 3 N–H and O–H groups in total. The van der Waals surface area contributed by atoms with Gasteiger partial charge < -0.3 is 11.1 Å². The molecule has 0 radical (unpaired) electrons. The molecule has 160 valence electrons. The van der Waals surface area contributed by atoms with Crippen LogP contribution in [-0.2, 0) is 10.0 Å². The normalized spacial score (nSPS) is 20.0. The zero-order chi connectivity index (χ0) is 22.1. The monoisotopic (exact) mass is 433 g/mol. The molecule has 0 aliphatic carbocycles. The van der Waals surface area contributed by atoms with Gasteiger partial charge in [-0.25, -0.2) is 12.8 Å². The summed E-state index contributed by atoms with van der Waals surface area (Å²) >= 11 is 0. The molecule has 7 nitrogen and oxygen atoms in total. The van der Waals surface area contributed by atoms with Crippen LogP contribution in [0.15, 0.2) is 47.4 Å². The molecule has 2 aromatic carbocycles. The van der Waals surface area contributed by atoms with Crippen molar-refractivity contribution in [1.82, 2.24) is 4.31 Å². The number of benzene rings is 2. The van der Waals surface area contributed by atoms with Crippen molar-refractivity contribution in [2.24, 2.45) is 17.6 Å². The molecule has 0 saturated carbocycles. The molecule has 1 heterocycles. The first-order valence-corrected chi connectivity index (χ1v) is 11.0. The van der Waals surface area contributed by atoms with Crippen LogP contribution < -0.4 is 11.1 Å². The number of rotatable bonds is 5. The molecule has 2 aromatic rings. The van der Waals surface area contributed by atoms with Crippen LogP contribution in [0.2, 0.25) is 0 Å². The van der Waals surface area contributed by atoms with E-state index in [1.807, 2.05) is 13.8 Å². The summed E-state index contributed by atoms with van der Waals surface area (Å²) in [5, 5.41) is 2.54. The Kier molecular flexibility index (Phi) is 6.23. The van der Waals surface area contributed by atoms with E-state index in [1.165, 1.54) is 34.6 Å². The molecule has 0 bridgehead atoms. The molecule has 3 rings (SSSR count). The maximum absolute atomic E-state index is 13.6. The third-order valence-corrected chi connectivity index (χ3v) is 6.93. The summed E-state index contributed by atoms with van der Waals surface area (Å²) in [5.41, 5.74) is 5.19. The predicted molar refractivity (Wildman–Crippen MR) is 111 cm³/mol. The highest BCUT2D eigenvalue weighted by molar-refractivity contribution is 7.89. The standard InChI is InChI=1S/C21H24FN3O4S/c1-13-9-14(2)12-25(11-13)30(28,29)17-6-3-15(4-7-17)21(27)24-16-5-8-19(22)18(10-16)20(23)26/h3-8,10,13-14H,9,11-12H2,1-2H3,(H2,23,26)(H,24,27). The van der Waals surface area contributed by atoms with Gasteiger partial charge in [-0.05, 0) is 60.7 Å². The number of piperidine rings is 1. The van der Waals surface area contributed by atoms with Gasteiger partial charge in [0, 0.05) is 24.3 Å². The van der Waals surface area contributed by atoms with Gasteiger partial charge in [-0.3, -0.25) is 9.59 Å². The number of nitrogens with two attached hydrogens (primary N) is 1. The number of carbonyl (C=O) groups excluding carboxylic acids is 2. The predicted octanol–water partition coefficient (Wildman–Crippen LogP) is 2.84. The van der Waals surface area contributed by atoms with Gasteiger partial charge in [-0.2, -0.15) is 4.31 Å². The van der Waals surface area contributed by atoms with Gasteiger partial charge >= 0.3 is 0 Å². The third kappa shape index (κ3) is 4.68. The number of nitrogens with zero attached hydrogens (tertiary/aromatic N) is 1. The van der Waals surface area contributed by atoms with Gasteiger partial charge in [0.2, 0.25) is 10.0 Å². The smallest absolute Gasteiger partial charge is 0.255 e. The molecule has 1 saturated heterocycles. The van der Waals surface area contributed by atoms with Gasteiger partial charge in [0.05, 0.1) is 10.5 Å². The van der Waals surface area contributed by atoms with E-state index in [-0.39, 0.29) is 33.5 Å². The van der Waals surface area contributed by atoms with E-state index >= 15 is 0 Å². The second kappa shape index (κ2) is 8.53. The van der Waals surface area contributed by atoms with Crippen LogP contribution >= 0.6 is 0 Å². The summed E-state index contributed by atoms with van der Waals surface area (Å²) < 4.78 is 40.9. The van der Waals surface area contributed by atoms with Gasteiger partial charge in [0.1, 0.15) is 5.82 Å². The molecule has 2 amide bonds. The Balaban J connectivity index is 1.76.